The number of pyridine rings is 2. The van der Waals surface area contributed by atoms with Crippen LogP contribution < -0.4 is 10.1 Å². The zero-order chi connectivity index (χ0) is 18.2. The first-order valence-corrected chi connectivity index (χ1v) is 8.59. The molecule has 0 fully saturated rings. The van der Waals surface area contributed by atoms with Crippen molar-refractivity contribution in [1.29, 1.82) is 0 Å². The molecule has 0 aliphatic heterocycles. The van der Waals surface area contributed by atoms with E-state index in [0.717, 1.165) is 23.3 Å². The number of ether oxygens (including phenoxy) is 1. The Labute approximate surface area is 152 Å². The summed E-state index contributed by atoms with van der Waals surface area (Å²) in [5, 5.41) is 2.89. The van der Waals surface area contributed by atoms with Crippen LogP contribution in [0.2, 0.25) is 0 Å². The highest BCUT2D eigenvalue weighted by Gasteiger charge is 2.08. The standard InChI is InChI=1S/C21H21N3O2/c1-2-3-4-13-26-17-8-5-7-16(14-17)15-23-21(25)20-11-10-18-19(24-20)9-6-12-22-18/h2-3,5-12,14H,4,13,15H2,1H3,(H,23,25). The smallest absolute Gasteiger partial charge is 0.270 e. The Morgan fingerprint density at radius 1 is 1.15 bits per heavy atom. The number of hydrogen-bond donors (Lipinski definition) is 1. The number of carbonyl (C=O) groups is 1. The molecule has 2 heterocycles. The van der Waals surface area contributed by atoms with Crippen molar-refractivity contribution in [3.63, 3.8) is 0 Å². The topological polar surface area (TPSA) is 64.1 Å². The lowest BCUT2D eigenvalue weighted by Crippen LogP contribution is -2.23. The van der Waals surface area contributed by atoms with Gasteiger partial charge in [0.25, 0.3) is 5.91 Å². The molecule has 3 aromatic rings. The molecule has 0 saturated carbocycles. The molecule has 132 valence electrons. The van der Waals surface area contributed by atoms with E-state index in [1.807, 2.05) is 43.3 Å². The molecule has 0 bridgehead atoms. The van der Waals surface area contributed by atoms with Crippen LogP contribution in [0.3, 0.4) is 0 Å². The van der Waals surface area contributed by atoms with Crippen LogP contribution in [0, 0.1) is 0 Å². The molecule has 0 saturated heterocycles. The largest absolute Gasteiger partial charge is 0.493 e. The lowest BCUT2D eigenvalue weighted by molar-refractivity contribution is 0.0946. The Balaban J connectivity index is 1.59. The average Bonchev–Trinajstić information content (AvgIpc) is 2.69. The van der Waals surface area contributed by atoms with Gasteiger partial charge in [0.05, 0.1) is 17.6 Å². The molecule has 1 aromatic carbocycles. The quantitative estimate of drug-likeness (QED) is 0.520. The van der Waals surface area contributed by atoms with Crippen LogP contribution in [-0.4, -0.2) is 22.5 Å². The third-order valence-electron chi connectivity index (χ3n) is 3.83. The lowest BCUT2D eigenvalue weighted by atomic mass is 10.2. The van der Waals surface area contributed by atoms with Gasteiger partial charge in [0.2, 0.25) is 0 Å². The SMILES string of the molecule is CC=CCCOc1cccc(CNC(=O)c2ccc3ncccc3n2)c1. The minimum absolute atomic E-state index is 0.213. The fourth-order valence-corrected chi connectivity index (χ4v) is 2.51. The number of carbonyl (C=O) groups excluding carboxylic acids is 1. The van der Waals surface area contributed by atoms with E-state index in [1.54, 1.807) is 24.4 Å². The third kappa shape index (κ3) is 4.66. The van der Waals surface area contributed by atoms with Crippen LogP contribution in [0.25, 0.3) is 11.0 Å². The van der Waals surface area contributed by atoms with Gasteiger partial charge in [-0.15, -0.1) is 0 Å². The maximum absolute atomic E-state index is 12.4. The van der Waals surface area contributed by atoms with Crippen LogP contribution in [0.5, 0.6) is 5.75 Å². The number of aromatic nitrogens is 2. The molecular formula is C21H21N3O2. The van der Waals surface area contributed by atoms with Crippen molar-refractivity contribution in [2.24, 2.45) is 0 Å². The maximum atomic E-state index is 12.4. The molecule has 2 aromatic heterocycles. The van der Waals surface area contributed by atoms with Gasteiger partial charge in [0.15, 0.2) is 0 Å². The Morgan fingerprint density at radius 2 is 2.08 bits per heavy atom. The van der Waals surface area contributed by atoms with Crippen molar-refractivity contribution in [1.82, 2.24) is 15.3 Å². The summed E-state index contributed by atoms with van der Waals surface area (Å²) < 4.78 is 5.71. The van der Waals surface area contributed by atoms with E-state index in [0.29, 0.717) is 24.4 Å². The van der Waals surface area contributed by atoms with Crippen molar-refractivity contribution < 1.29 is 9.53 Å². The first-order chi connectivity index (χ1) is 12.8. The van der Waals surface area contributed by atoms with E-state index in [2.05, 4.69) is 21.4 Å². The van der Waals surface area contributed by atoms with Crippen molar-refractivity contribution in [2.75, 3.05) is 6.61 Å². The molecule has 0 radical (unpaired) electrons. The summed E-state index contributed by atoms with van der Waals surface area (Å²) in [5.74, 6) is 0.589. The minimum Gasteiger partial charge on any atom is -0.493 e. The number of benzene rings is 1. The highest BCUT2D eigenvalue weighted by Crippen LogP contribution is 2.14. The Hall–Kier alpha value is -3.21. The van der Waals surface area contributed by atoms with Gasteiger partial charge >= 0.3 is 0 Å². The van der Waals surface area contributed by atoms with Gasteiger partial charge in [-0.1, -0.05) is 24.3 Å². The molecule has 5 nitrogen and oxygen atoms in total. The summed E-state index contributed by atoms with van der Waals surface area (Å²) in [5.41, 5.74) is 2.83. The van der Waals surface area contributed by atoms with E-state index in [4.69, 9.17) is 4.74 Å². The number of allylic oxidation sites excluding steroid dienone is 1. The Morgan fingerprint density at radius 3 is 2.96 bits per heavy atom. The predicted molar refractivity (Wildman–Crippen MR) is 102 cm³/mol. The minimum atomic E-state index is -0.213. The van der Waals surface area contributed by atoms with E-state index >= 15 is 0 Å². The molecule has 1 amide bonds. The summed E-state index contributed by atoms with van der Waals surface area (Å²) in [7, 11) is 0. The number of nitrogens with one attached hydrogen (secondary N) is 1. The number of rotatable bonds is 7. The van der Waals surface area contributed by atoms with Gasteiger partial charge in [0, 0.05) is 12.7 Å². The van der Waals surface area contributed by atoms with Crippen molar-refractivity contribution in [3.05, 3.63) is 78.1 Å². The zero-order valence-corrected chi connectivity index (χ0v) is 14.7. The molecule has 0 atom stereocenters. The second kappa shape index (κ2) is 8.76. The van der Waals surface area contributed by atoms with Crippen molar-refractivity contribution in [3.8, 4) is 5.75 Å². The van der Waals surface area contributed by atoms with E-state index in [9.17, 15) is 4.79 Å². The van der Waals surface area contributed by atoms with Gasteiger partial charge in [-0.3, -0.25) is 9.78 Å². The molecule has 3 rings (SSSR count). The maximum Gasteiger partial charge on any atom is 0.270 e. The molecule has 26 heavy (non-hydrogen) atoms. The molecule has 0 spiro atoms. The number of fused-ring (bicyclic) bond motifs is 1. The normalized spacial score (nSPS) is 11.0. The molecular weight excluding hydrogens is 326 g/mol. The van der Waals surface area contributed by atoms with Gasteiger partial charge < -0.3 is 10.1 Å². The number of amides is 1. The Bertz CT molecular complexity index is 922. The van der Waals surface area contributed by atoms with Crippen LogP contribution in [0.1, 0.15) is 29.4 Å². The molecule has 0 aliphatic rings. The van der Waals surface area contributed by atoms with E-state index in [-0.39, 0.29) is 5.91 Å². The van der Waals surface area contributed by atoms with Gasteiger partial charge in [-0.05, 0) is 55.3 Å². The van der Waals surface area contributed by atoms with Crippen LogP contribution in [0.15, 0.2) is 66.9 Å². The van der Waals surface area contributed by atoms with Crippen molar-refractivity contribution >= 4 is 16.9 Å². The van der Waals surface area contributed by atoms with E-state index in [1.165, 1.54) is 0 Å². The first kappa shape index (κ1) is 17.6. The second-order valence-electron chi connectivity index (χ2n) is 5.77. The summed E-state index contributed by atoms with van der Waals surface area (Å²) in [4.78, 5) is 20.9. The first-order valence-electron chi connectivity index (χ1n) is 8.59. The zero-order valence-electron chi connectivity index (χ0n) is 14.7. The highest BCUT2D eigenvalue weighted by molar-refractivity contribution is 5.94. The number of hydrogen-bond acceptors (Lipinski definition) is 4. The monoisotopic (exact) mass is 347 g/mol. The fourth-order valence-electron chi connectivity index (χ4n) is 2.51. The van der Waals surface area contributed by atoms with E-state index < -0.39 is 0 Å². The van der Waals surface area contributed by atoms with Gasteiger partial charge in [0.1, 0.15) is 11.4 Å². The fraction of sp³-hybridized carbons (Fsp3) is 0.190. The molecule has 0 unspecified atom stereocenters. The summed E-state index contributed by atoms with van der Waals surface area (Å²) in [6.45, 7) is 3.04. The van der Waals surface area contributed by atoms with Crippen LogP contribution >= 0.6 is 0 Å². The molecule has 1 N–H and O–H groups in total. The third-order valence-corrected chi connectivity index (χ3v) is 3.83. The Kier molecular flexibility index (Phi) is 5.93. The molecule has 0 aliphatic carbocycles. The van der Waals surface area contributed by atoms with Crippen LogP contribution in [0.4, 0.5) is 0 Å². The van der Waals surface area contributed by atoms with Crippen molar-refractivity contribution in [2.45, 2.75) is 19.9 Å². The predicted octanol–water partition coefficient (Wildman–Crippen LogP) is 3.90. The summed E-state index contributed by atoms with van der Waals surface area (Å²) in [6, 6.07) is 14.9. The summed E-state index contributed by atoms with van der Waals surface area (Å²) >= 11 is 0. The average molecular weight is 347 g/mol. The van der Waals surface area contributed by atoms with Gasteiger partial charge in [-0.25, -0.2) is 4.98 Å². The molecule has 5 heteroatoms. The highest BCUT2D eigenvalue weighted by atomic mass is 16.5. The van der Waals surface area contributed by atoms with Gasteiger partial charge in [-0.2, -0.15) is 0 Å². The lowest BCUT2D eigenvalue weighted by Gasteiger charge is -2.08. The van der Waals surface area contributed by atoms with Crippen LogP contribution in [-0.2, 0) is 6.54 Å². The summed E-state index contributed by atoms with van der Waals surface area (Å²) in [6.07, 6.45) is 6.65. The number of nitrogens with zero attached hydrogens (tertiary/aromatic N) is 2. The second-order valence-corrected chi connectivity index (χ2v) is 5.77.